The van der Waals surface area contributed by atoms with Crippen LogP contribution in [-0.4, -0.2) is 55.0 Å². The molecule has 0 fully saturated rings. The third kappa shape index (κ3) is 7.73. The van der Waals surface area contributed by atoms with Crippen LogP contribution in [0.2, 0.25) is 5.02 Å². The Bertz CT molecular complexity index is 1190. The molecule has 0 aliphatic heterocycles. The van der Waals surface area contributed by atoms with Crippen LogP contribution in [0.25, 0.3) is 11.4 Å². The second-order valence-electron chi connectivity index (χ2n) is 7.16. The summed E-state index contributed by atoms with van der Waals surface area (Å²) in [7, 11) is -3.64. The summed E-state index contributed by atoms with van der Waals surface area (Å²) in [6.45, 7) is 2.49. The van der Waals surface area contributed by atoms with Gasteiger partial charge in [0.2, 0.25) is 15.2 Å². The van der Waals surface area contributed by atoms with Crippen LogP contribution < -0.4 is 14.8 Å². The molecule has 3 aromatic rings. The molecule has 0 aliphatic carbocycles. The van der Waals surface area contributed by atoms with Gasteiger partial charge in [0.05, 0.1) is 9.92 Å². The van der Waals surface area contributed by atoms with Crippen LogP contribution in [0, 0.1) is 0 Å². The molecular formula is C22H26ClN5O4S2. The number of unbranched alkanes of at least 4 members (excludes halogenated alkanes) is 1. The van der Waals surface area contributed by atoms with Crippen molar-refractivity contribution in [1.82, 2.24) is 25.2 Å². The number of rotatable bonds is 13. The highest BCUT2D eigenvalue weighted by Gasteiger charge is 2.16. The molecule has 0 radical (unpaired) electrons. The largest absolute Gasteiger partial charge is 0.482 e. The molecule has 9 nitrogen and oxygen atoms in total. The molecule has 1 heterocycles. The number of aromatic amines is 1. The summed E-state index contributed by atoms with van der Waals surface area (Å²) < 4.78 is 32.5. The van der Waals surface area contributed by atoms with Gasteiger partial charge in [-0.15, -0.1) is 5.10 Å². The number of hydrogen-bond acceptors (Lipinski definition) is 7. The first-order valence-electron chi connectivity index (χ1n) is 10.7. The molecule has 0 unspecified atom stereocenters. The number of ether oxygens (including phenoxy) is 1. The van der Waals surface area contributed by atoms with E-state index in [1.54, 1.807) is 0 Å². The van der Waals surface area contributed by atoms with Crippen molar-refractivity contribution in [2.75, 3.05) is 25.4 Å². The summed E-state index contributed by atoms with van der Waals surface area (Å²) in [6.07, 6.45) is 1.63. The minimum Gasteiger partial charge on any atom is -0.482 e. The summed E-state index contributed by atoms with van der Waals surface area (Å²) >= 11 is 7.56. The Morgan fingerprint density at radius 3 is 2.71 bits per heavy atom. The lowest BCUT2D eigenvalue weighted by molar-refractivity contribution is -0.122. The van der Waals surface area contributed by atoms with Crippen LogP contribution in [0.15, 0.2) is 58.6 Å². The van der Waals surface area contributed by atoms with Crippen LogP contribution in [0.4, 0.5) is 0 Å². The van der Waals surface area contributed by atoms with Crippen molar-refractivity contribution in [1.29, 1.82) is 0 Å². The first-order valence-corrected chi connectivity index (χ1v) is 13.5. The maximum absolute atomic E-state index is 12.3. The molecule has 0 aliphatic rings. The highest BCUT2D eigenvalue weighted by molar-refractivity contribution is 7.99. The second-order valence-corrected chi connectivity index (χ2v) is 10.4. The quantitative estimate of drug-likeness (QED) is 0.231. The Balaban J connectivity index is 1.40. The zero-order valence-electron chi connectivity index (χ0n) is 18.6. The van der Waals surface area contributed by atoms with Crippen LogP contribution in [0.5, 0.6) is 5.75 Å². The fourth-order valence-electron chi connectivity index (χ4n) is 2.80. The monoisotopic (exact) mass is 523 g/mol. The van der Waals surface area contributed by atoms with E-state index in [0.717, 1.165) is 18.4 Å². The van der Waals surface area contributed by atoms with Gasteiger partial charge >= 0.3 is 0 Å². The number of hydrogen-bond donors (Lipinski definition) is 3. The number of carbonyl (C=O) groups excluding carboxylic acids is 1. The van der Waals surface area contributed by atoms with Gasteiger partial charge in [0.15, 0.2) is 12.4 Å². The van der Waals surface area contributed by atoms with E-state index < -0.39 is 10.0 Å². The molecule has 0 saturated heterocycles. The number of carbonyl (C=O) groups is 1. The second kappa shape index (κ2) is 12.7. The number of aromatic nitrogens is 3. The molecule has 0 bridgehead atoms. The van der Waals surface area contributed by atoms with Gasteiger partial charge in [0, 0.05) is 24.4 Å². The fraction of sp³-hybridized carbons (Fsp3) is 0.318. The van der Waals surface area contributed by atoms with Crippen molar-refractivity contribution in [2.24, 2.45) is 0 Å². The van der Waals surface area contributed by atoms with Crippen molar-refractivity contribution in [2.45, 2.75) is 29.8 Å². The first kappa shape index (κ1) is 26.0. The van der Waals surface area contributed by atoms with Gasteiger partial charge in [0.25, 0.3) is 5.91 Å². The number of benzene rings is 2. The van der Waals surface area contributed by atoms with Gasteiger partial charge in [-0.3, -0.25) is 9.89 Å². The fourth-order valence-corrected chi connectivity index (χ4v) is 4.85. The van der Waals surface area contributed by atoms with Crippen molar-refractivity contribution in [3.05, 3.63) is 53.6 Å². The predicted octanol–water partition coefficient (Wildman–Crippen LogP) is 3.49. The molecule has 1 amide bonds. The molecule has 2 aromatic carbocycles. The number of amides is 1. The van der Waals surface area contributed by atoms with E-state index in [9.17, 15) is 13.2 Å². The highest BCUT2D eigenvalue weighted by Crippen LogP contribution is 2.27. The average Bonchev–Trinajstić information content (AvgIpc) is 3.31. The van der Waals surface area contributed by atoms with Gasteiger partial charge < -0.3 is 10.1 Å². The molecule has 182 valence electrons. The molecule has 3 rings (SSSR count). The molecular weight excluding hydrogens is 498 g/mol. The van der Waals surface area contributed by atoms with Crippen LogP contribution in [0.3, 0.4) is 0 Å². The van der Waals surface area contributed by atoms with E-state index in [4.69, 9.17) is 16.3 Å². The topological polar surface area (TPSA) is 126 Å². The lowest BCUT2D eigenvalue weighted by Crippen LogP contribution is -2.30. The third-order valence-corrected chi connectivity index (χ3v) is 7.17. The maximum atomic E-state index is 12.3. The van der Waals surface area contributed by atoms with Crippen molar-refractivity contribution < 1.29 is 17.9 Å². The van der Waals surface area contributed by atoms with Gasteiger partial charge in [-0.25, -0.2) is 18.1 Å². The Morgan fingerprint density at radius 1 is 1.18 bits per heavy atom. The summed E-state index contributed by atoms with van der Waals surface area (Å²) in [5.41, 5.74) is 0.948. The van der Waals surface area contributed by atoms with Gasteiger partial charge in [-0.2, -0.15) is 0 Å². The molecule has 34 heavy (non-hydrogen) atoms. The third-order valence-electron chi connectivity index (χ3n) is 4.56. The molecule has 1 aromatic heterocycles. The molecule has 12 heteroatoms. The Morgan fingerprint density at radius 2 is 1.97 bits per heavy atom. The van der Waals surface area contributed by atoms with E-state index in [-0.39, 0.29) is 28.2 Å². The standard InChI is InChI=1S/C22H26ClN5O4S2/c1-2-3-11-25-34(30,31)17-9-10-19(18(23)14-17)32-15-20(29)24-12-13-33-22-26-21(27-28-22)16-7-5-4-6-8-16/h4-10,14,25H,2-3,11-13,15H2,1H3,(H,24,29)(H,26,27,28). The van der Waals surface area contributed by atoms with Crippen LogP contribution in [0.1, 0.15) is 19.8 Å². The van der Waals surface area contributed by atoms with Crippen molar-refractivity contribution >= 4 is 39.3 Å². The lowest BCUT2D eigenvalue weighted by atomic mass is 10.2. The summed E-state index contributed by atoms with van der Waals surface area (Å²) in [5.74, 6) is 1.17. The lowest BCUT2D eigenvalue weighted by Gasteiger charge is -2.11. The molecule has 3 N–H and O–H groups in total. The average molecular weight is 524 g/mol. The molecule has 0 saturated carbocycles. The predicted molar refractivity (Wildman–Crippen MR) is 133 cm³/mol. The van der Waals surface area contributed by atoms with E-state index >= 15 is 0 Å². The van der Waals surface area contributed by atoms with E-state index in [1.807, 2.05) is 37.3 Å². The first-order chi connectivity index (χ1) is 16.4. The minimum atomic E-state index is -3.64. The molecule has 0 atom stereocenters. The minimum absolute atomic E-state index is 0.0461. The number of nitrogens with one attached hydrogen (secondary N) is 3. The van der Waals surface area contributed by atoms with Gasteiger partial charge in [0.1, 0.15) is 5.75 Å². The van der Waals surface area contributed by atoms with E-state index in [2.05, 4.69) is 25.2 Å². The number of sulfonamides is 1. The van der Waals surface area contributed by atoms with E-state index in [0.29, 0.717) is 29.8 Å². The van der Waals surface area contributed by atoms with Crippen molar-refractivity contribution in [3.63, 3.8) is 0 Å². The van der Waals surface area contributed by atoms with Gasteiger partial charge in [-0.1, -0.05) is 67.0 Å². The Kier molecular flexibility index (Phi) is 9.75. The summed E-state index contributed by atoms with van der Waals surface area (Å²) in [5, 5.41) is 10.5. The number of thioether (sulfide) groups is 1. The van der Waals surface area contributed by atoms with E-state index in [1.165, 1.54) is 30.0 Å². The summed E-state index contributed by atoms with van der Waals surface area (Å²) in [4.78, 5) is 16.5. The SMILES string of the molecule is CCCCNS(=O)(=O)c1ccc(OCC(=O)NCCSc2n[nH]c(-c3ccccc3)n2)c(Cl)c1. The smallest absolute Gasteiger partial charge is 0.257 e. The van der Waals surface area contributed by atoms with Crippen molar-refractivity contribution in [3.8, 4) is 17.1 Å². The molecule has 0 spiro atoms. The zero-order chi connectivity index (χ0) is 24.4. The highest BCUT2D eigenvalue weighted by atomic mass is 35.5. The van der Waals surface area contributed by atoms with Gasteiger partial charge in [-0.05, 0) is 24.6 Å². The normalized spacial score (nSPS) is 11.4. The Labute approximate surface area is 208 Å². The number of H-pyrrole nitrogens is 1. The van der Waals surface area contributed by atoms with Crippen LogP contribution >= 0.6 is 23.4 Å². The zero-order valence-corrected chi connectivity index (χ0v) is 21.0. The number of nitrogens with zero attached hydrogens (tertiary/aromatic N) is 2. The Hall–Kier alpha value is -2.60. The number of halogens is 1. The van der Waals surface area contributed by atoms with Crippen LogP contribution in [-0.2, 0) is 14.8 Å². The summed E-state index contributed by atoms with van der Waals surface area (Å²) in [6, 6.07) is 13.8. The maximum Gasteiger partial charge on any atom is 0.257 e.